The molecule has 1 atom stereocenters. The molecule has 0 aliphatic carbocycles. The first-order chi connectivity index (χ1) is 12.8. The number of nitrogens with one attached hydrogen (secondary N) is 3. The Balaban J connectivity index is 2.01. The van der Waals surface area contributed by atoms with E-state index in [1.165, 1.54) is 5.56 Å². The third kappa shape index (κ3) is 5.65. The Hall–Kier alpha value is -2.67. The first-order valence-electron chi connectivity index (χ1n) is 9.33. The van der Waals surface area contributed by atoms with Crippen LogP contribution in [0.5, 0.6) is 0 Å². The lowest BCUT2D eigenvalue weighted by molar-refractivity contribution is -0.862. The SMILES string of the molecule is CCCNC(=O)C[NH+](C)CC(=O)Nc1c(C)nn(-c2ccc(C)cc2)c1C. The molecule has 0 radical (unpaired) electrons. The van der Waals surface area contributed by atoms with Gasteiger partial charge in [-0.05, 0) is 39.3 Å². The number of carbonyl (C=O) groups excluding carboxylic acids is 2. The molecule has 2 aromatic rings. The molecule has 2 amide bonds. The van der Waals surface area contributed by atoms with Crippen molar-refractivity contribution in [2.45, 2.75) is 34.1 Å². The van der Waals surface area contributed by atoms with E-state index < -0.39 is 0 Å². The molecule has 7 heteroatoms. The highest BCUT2D eigenvalue weighted by molar-refractivity contribution is 5.92. The molecule has 27 heavy (non-hydrogen) atoms. The highest BCUT2D eigenvalue weighted by Crippen LogP contribution is 2.22. The zero-order chi connectivity index (χ0) is 20.0. The first kappa shape index (κ1) is 20.6. The second-order valence-electron chi connectivity index (χ2n) is 7.00. The minimum atomic E-state index is -0.134. The molecule has 0 saturated carbocycles. The molecule has 1 heterocycles. The van der Waals surface area contributed by atoms with Crippen LogP contribution in [-0.2, 0) is 9.59 Å². The van der Waals surface area contributed by atoms with Crippen LogP contribution in [0.3, 0.4) is 0 Å². The number of rotatable bonds is 8. The first-order valence-corrected chi connectivity index (χ1v) is 9.33. The van der Waals surface area contributed by atoms with Crippen molar-refractivity contribution in [1.29, 1.82) is 0 Å². The molecule has 0 fully saturated rings. The van der Waals surface area contributed by atoms with E-state index in [1.807, 2.05) is 63.7 Å². The number of aryl methyl sites for hydroxylation is 2. The maximum atomic E-state index is 12.4. The van der Waals surface area contributed by atoms with Gasteiger partial charge in [0.25, 0.3) is 11.8 Å². The van der Waals surface area contributed by atoms with Crippen molar-refractivity contribution in [3.63, 3.8) is 0 Å². The summed E-state index contributed by atoms with van der Waals surface area (Å²) in [5.41, 5.74) is 4.51. The number of quaternary nitrogens is 1. The summed E-state index contributed by atoms with van der Waals surface area (Å²) in [6.07, 6.45) is 0.898. The predicted molar refractivity (Wildman–Crippen MR) is 106 cm³/mol. The third-order valence-electron chi connectivity index (χ3n) is 4.33. The van der Waals surface area contributed by atoms with Crippen LogP contribution >= 0.6 is 0 Å². The number of benzene rings is 1. The predicted octanol–water partition coefficient (Wildman–Crippen LogP) is 0.777. The van der Waals surface area contributed by atoms with Crippen LogP contribution in [-0.4, -0.2) is 48.3 Å². The van der Waals surface area contributed by atoms with Crippen molar-refractivity contribution in [3.05, 3.63) is 41.2 Å². The minimum absolute atomic E-state index is 0.0401. The molecular weight excluding hydrogens is 342 g/mol. The number of hydrogen-bond donors (Lipinski definition) is 3. The lowest BCUT2D eigenvalue weighted by Gasteiger charge is -2.13. The molecule has 0 bridgehead atoms. The Labute approximate surface area is 160 Å². The lowest BCUT2D eigenvalue weighted by Crippen LogP contribution is -3.11. The van der Waals surface area contributed by atoms with Gasteiger partial charge in [0.2, 0.25) is 0 Å². The molecule has 2 rings (SSSR count). The van der Waals surface area contributed by atoms with Gasteiger partial charge in [-0.1, -0.05) is 24.6 Å². The molecular formula is C20H30N5O2+. The van der Waals surface area contributed by atoms with Crippen molar-refractivity contribution >= 4 is 17.5 Å². The molecule has 0 saturated heterocycles. The monoisotopic (exact) mass is 372 g/mol. The van der Waals surface area contributed by atoms with E-state index >= 15 is 0 Å². The lowest BCUT2D eigenvalue weighted by atomic mass is 10.2. The van der Waals surface area contributed by atoms with Gasteiger partial charge in [-0.15, -0.1) is 0 Å². The Morgan fingerprint density at radius 1 is 1.07 bits per heavy atom. The Bertz CT molecular complexity index is 795. The van der Waals surface area contributed by atoms with E-state index in [2.05, 4.69) is 15.7 Å². The van der Waals surface area contributed by atoms with Crippen LogP contribution in [0, 0.1) is 20.8 Å². The average molecular weight is 372 g/mol. The summed E-state index contributed by atoms with van der Waals surface area (Å²) in [7, 11) is 1.83. The third-order valence-corrected chi connectivity index (χ3v) is 4.33. The summed E-state index contributed by atoms with van der Waals surface area (Å²) in [6, 6.07) is 8.08. The zero-order valence-corrected chi connectivity index (χ0v) is 16.8. The standard InChI is InChI=1S/C20H29N5O2/c1-6-11-21-18(26)12-24(5)13-19(27)22-20-15(3)23-25(16(20)4)17-9-7-14(2)8-10-17/h7-10H,6,11-13H2,1-5H3,(H,21,26)(H,22,27)/p+1. The number of aromatic nitrogens is 2. The Morgan fingerprint density at radius 2 is 1.70 bits per heavy atom. The molecule has 1 aromatic heterocycles. The molecule has 0 spiro atoms. The van der Waals surface area contributed by atoms with Crippen LogP contribution in [0.4, 0.5) is 5.69 Å². The maximum Gasteiger partial charge on any atom is 0.279 e. The largest absolute Gasteiger partial charge is 0.351 e. The van der Waals surface area contributed by atoms with Gasteiger partial charge in [0.1, 0.15) is 0 Å². The van der Waals surface area contributed by atoms with Crippen LogP contribution < -0.4 is 15.5 Å². The van der Waals surface area contributed by atoms with Gasteiger partial charge in [0.05, 0.1) is 29.8 Å². The van der Waals surface area contributed by atoms with Crippen LogP contribution in [0.25, 0.3) is 5.69 Å². The number of likely N-dealkylation sites (N-methyl/N-ethyl adjacent to an activating group) is 1. The fourth-order valence-corrected chi connectivity index (χ4v) is 2.88. The van der Waals surface area contributed by atoms with Crippen LogP contribution in [0.1, 0.15) is 30.3 Å². The van der Waals surface area contributed by atoms with Crippen LogP contribution in [0.15, 0.2) is 24.3 Å². The molecule has 146 valence electrons. The van der Waals surface area contributed by atoms with Gasteiger partial charge in [-0.3, -0.25) is 9.59 Å². The molecule has 0 aliphatic heterocycles. The summed E-state index contributed by atoms with van der Waals surface area (Å²) < 4.78 is 1.83. The van der Waals surface area contributed by atoms with E-state index in [9.17, 15) is 9.59 Å². The van der Waals surface area contributed by atoms with Gasteiger partial charge < -0.3 is 15.5 Å². The van der Waals surface area contributed by atoms with Gasteiger partial charge in [-0.25, -0.2) is 4.68 Å². The fourth-order valence-electron chi connectivity index (χ4n) is 2.88. The molecule has 0 aliphatic rings. The second kappa shape index (κ2) is 9.32. The Kier molecular flexibility index (Phi) is 7.12. The number of anilines is 1. The smallest absolute Gasteiger partial charge is 0.279 e. The van der Waals surface area contributed by atoms with Gasteiger partial charge in [0.15, 0.2) is 13.1 Å². The van der Waals surface area contributed by atoms with Crippen molar-refractivity contribution in [2.24, 2.45) is 0 Å². The van der Waals surface area contributed by atoms with E-state index in [1.54, 1.807) is 0 Å². The van der Waals surface area contributed by atoms with Gasteiger partial charge >= 0.3 is 0 Å². The molecule has 1 aromatic carbocycles. The van der Waals surface area contributed by atoms with Crippen molar-refractivity contribution in [3.8, 4) is 5.69 Å². The summed E-state index contributed by atoms with van der Waals surface area (Å²) in [6.45, 7) is 9.01. The minimum Gasteiger partial charge on any atom is -0.351 e. The number of hydrogen-bond acceptors (Lipinski definition) is 3. The topological polar surface area (TPSA) is 80.5 Å². The second-order valence-corrected chi connectivity index (χ2v) is 7.00. The van der Waals surface area contributed by atoms with Gasteiger partial charge in [-0.2, -0.15) is 5.10 Å². The summed E-state index contributed by atoms with van der Waals surface area (Å²) in [4.78, 5) is 25.0. The van der Waals surface area contributed by atoms with Crippen molar-refractivity contribution < 1.29 is 14.5 Å². The molecule has 7 nitrogen and oxygen atoms in total. The van der Waals surface area contributed by atoms with Gasteiger partial charge in [0, 0.05) is 6.54 Å². The fraction of sp³-hybridized carbons (Fsp3) is 0.450. The average Bonchev–Trinajstić information content (AvgIpc) is 2.88. The number of carbonyl (C=O) groups is 2. The molecule has 3 N–H and O–H groups in total. The normalized spacial score (nSPS) is 11.9. The zero-order valence-electron chi connectivity index (χ0n) is 16.8. The highest BCUT2D eigenvalue weighted by Gasteiger charge is 2.18. The quantitative estimate of drug-likeness (QED) is 0.641. The van der Waals surface area contributed by atoms with Crippen molar-refractivity contribution in [1.82, 2.24) is 15.1 Å². The van der Waals surface area contributed by atoms with E-state index in [4.69, 9.17) is 0 Å². The van der Waals surface area contributed by atoms with E-state index in [0.29, 0.717) is 6.54 Å². The van der Waals surface area contributed by atoms with E-state index in [-0.39, 0.29) is 24.9 Å². The molecule has 1 unspecified atom stereocenters. The highest BCUT2D eigenvalue weighted by atomic mass is 16.2. The maximum absolute atomic E-state index is 12.4. The summed E-state index contributed by atoms with van der Waals surface area (Å²) in [5.74, 6) is -0.174. The van der Waals surface area contributed by atoms with Crippen LogP contribution in [0.2, 0.25) is 0 Å². The number of amides is 2. The number of nitrogens with zero attached hydrogens (tertiary/aromatic N) is 2. The van der Waals surface area contributed by atoms with Crippen molar-refractivity contribution in [2.75, 3.05) is 32.0 Å². The summed E-state index contributed by atoms with van der Waals surface area (Å²) >= 11 is 0. The Morgan fingerprint density at radius 3 is 2.33 bits per heavy atom. The summed E-state index contributed by atoms with van der Waals surface area (Å²) in [5, 5.41) is 10.3. The van der Waals surface area contributed by atoms with E-state index in [0.717, 1.165) is 34.1 Å².